The third kappa shape index (κ3) is 5.83. The van der Waals surface area contributed by atoms with E-state index in [1.165, 1.54) is 11.6 Å². The number of ether oxygens (including phenoxy) is 2. The van der Waals surface area contributed by atoms with E-state index < -0.39 is 17.8 Å². The van der Waals surface area contributed by atoms with Crippen molar-refractivity contribution < 1.29 is 18.3 Å². The van der Waals surface area contributed by atoms with Crippen molar-refractivity contribution in [1.29, 1.82) is 0 Å². The molecule has 0 fully saturated rings. The predicted molar refractivity (Wildman–Crippen MR) is 144 cm³/mol. The topological polar surface area (TPSA) is 18.5 Å². The van der Waals surface area contributed by atoms with Gasteiger partial charge >= 0.3 is 0 Å². The van der Waals surface area contributed by atoms with Crippen molar-refractivity contribution in [2.45, 2.75) is 51.5 Å². The zero-order valence-corrected chi connectivity index (χ0v) is 21.1. The number of halogens is 2. The van der Waals surface area contributed by atoms with Crippen LogP contribution in [0.15, 0.2) is 96.8 Å². The van der Waals surface area contributed by atoms with Gasteiger partial charge in [0.2, 0.25) is 12.0 Å². The van der Waals surface area contributed by atoms with Crippen molar-refractivity contribution >= 4 is 5.57 Å². The summed E-state index contributed by atoms with van der Waals surface area (Å²) in [6.45, 7) is 4.63. The highest BCUT2D eigenvalue weighted by atomic mass is 19.2. The maximum atomic E-state index is 15.5. The fraction of sp³-hybridized carbons (Fsp3) is 0.312. The molecule has 0 saturated heterocycles. The first-order chi connectivity index (χ1) is 17.6. The van der Waals surface area contributed by atoms with Crippen LogP contribution in [0.3, 0.4) is 0 Å². The number of hydrogen-bond donors (Lipinski definition) is 0. The fourth-order valence-corrected chi connectivity index (χ4v) is 4.37. The second kappa shape index (κ2) is 12.2. The standard InChI is InChI=1S/C32H34F2O2/c1-3-5-9-23-36-32(35-22-4-2)21-20-29(30(33)31(32)34)28-18-16-27(17-19-28)26-14-12-25(13-15-26)24-10-7-6-8-11-24/h6-8,10-21,31H,3-5,9,22-23H2,1-2H3. The van der Waals surface area contributed by atoms with Crippen LogP contribution in [0.25, 0.3) is 27.8 Å². The molecule has 0 aromatic heterocycles. The second-order valence-electron chi connectivity index (χ2n) is 9.10. The summed E-state index contributed by atoms with van der Waals surface area (Å²) in [6, 6.07) is 26.1. The Hall–Kier alpha value is -3.08. The summed E-state index contributed by atoms with van der Waals surface area (Å²) in [7, 11) is 0. The van der Waals surface area contributed by atoms with Gasteiger partial charge in [-0.2, -0.15) is 0 Å². The Kier molecular flexibility index (Phi) is 8.84. The van der Waals surface area contributed by atoms with Gasteiger partial charge in [-0.15, -0.1) is 0 Å². The molecule has 0 amide bonds. The highest BCUT2D eigenvalue weighted by molar-refractivity contribution is 5.79. The van der Waals surface area contributed by atoms with Gasteiger partial charge in [-0.1, -0.05) is 112 Å². The van der Waals surface area contributed by atoms with Crippen LogP contribution in [0.1, 0.15) is 45.1 Å². The molecule has 2 unspecified atom stereocenters. The number of allylic oxidation sites excluding steroid dienone is 2. The van der Waals surface area contributed by atoms with E-state index in [1.54, 1.807) is 6.08 Å². The molecule has 0 aliphatic heterocycles. The van der Waals surface area contributed by atoms with Crippen LogP contribution in [-0.2, 0) is 9.47 Å². The maximum absolute atomic E-state index is 15.5. The Morgan fingerprint density at radius 2 is 1.19 bits per heavy atom. The Labute approximate surface area is 213 Å². The molecule has 0 bridgehead atoms. The first-order valence-corrected chi connectivity index (χ1v) is 12.8. The minimum atomic E-state index is -2.02. The molecule has 2 nitrogen and oxygen atoms in total. The number of hydrogen-bond acceptors (Lipinski definition) is 2. The lowest BCUT2D eigenvalue weighted by Crippen LogP contribution is -2.46. The number of alkyl halides is 1. The van der Waals surface area contributed by atoms with Gasteiger partial charge < -0.3 is 9.47 Å². The smallest absolute Gasteiger partial charge is 0.227 e. The van der Waals surface area contributed by atoms with Crippen molar-refractivity contribution in [3.05, 3.63) is 102 Å². The van der Waals surface area contributed by atoms with E-state index in [2.05, 4.69) is 43.3 Å². The molecular weight excluding hydrogens is 454 g/mol. The maximum Gasteiger partial charge on any atom is 0.227 e. The SMILES string of the molecule is CCCCCOC1(OCCC)C=CC(c2ccc(-c3ccc(-c4ccccc4)cc3)cc2)=C(F)C1F. The molecule has 0 spiro atoms. The average Bonchev–Trinajstić information content (AvgIpc) is 2.93. The molecule has 3 aromatic carbocycles. The summed E-state index contributed by atoms with van der Waals surface area (Å²) >= 11 is 0. The largest absolute Gasteiger partial charge is 0.344 e. The highest BCUT2D eigenvalue weighted by Gasteiger charge is 2.45. The van der Waals surface area contributed by atoms with Gasteiger partial charge in [0.05, 0.1) is 13.2 Å². The predicted octanol–water partition coefficient (Wildman–Crippen LogP) is 8.94. The molecule has 4 heteroatoms. The zero-order chi connectivity index (χ0) is 25.4. The van der Waals surface area contributed by atoms with E-state index >= 15 is 8.78 Å². The third-order valence-corrected chi connectivity index (χ3v) is 6.44. The number of rotatable bonds is 11. The minimum Gasteiger partial charge on any atom is -0.344 e. The molecular formula is C32H34F2O2. The van der Waals surface area contributed by atoms with Crippen LogP contribution in [0.5, 0.6) is 0 Å². The minimum absolute atomic E-state index is 0.223. The Morgan fingerprint density at radius 3 is 1.75 bits per heavy atom. The van der Waals surface area contributed by atoms with Gasteiger partial charge in [-0.3, -0.25) is 0 Å². The summed E-state index contributed by atoms with van der Waals surface area (Å²) in [5.74, 6) is -2.57. The van der Waals surface area contributed by atoms with Crippen LogP contribution < -0.4 is 0 Å². The average molecular weight is 489 g/mol. The molecule has 1 aliphatic carbocycles. The zero-order valence-electron chi connectivity index (χ0n) is 21.1. The van der Waals surface area contributed by atoms with Gasteiger partial charge in [-0.05, 0) is 46.7 Å². The number of benzene rings is 3. The third-order valence-electron chi connectivity index (χ3n) is 6.44. The van der Waals surface area contributed by atoms with Crippen LogP contribution in [0, 0.1) is 0 Å². The van der Waals surface area contributed by atoms with E-state index in [9.17, 15) is 0 Å². The van der Waals surface area contributed by atoms with Gasteiger partial charge in [0.15, 0.2) is 0 Å². The summed E-state index contributed by atoms with van der Waals surface area (Å²) < 4.78 is 42.3. The summed E-state index contributed by atoms with van der Waals surface area (Å²) in [5, 5.41) is 0. The lowest BCUT2D eigenvalue weighted by Gasteiger charge is -2.36. The van der Waals surface area contributed by atoms with E-state index in [-0.39, 0.29) is 5.57 Å². The quantitative estimate of drug-likeness (QED) is 0.198. The molecule has 0 heterocycles. The molecule has 0 saturated carbocycles. The monoisotopic (exact) mass is 488 g/mol. The van der Waals surface area contributed by atoms with Gasteiger partial charge in [-0.25, -0.2) is 8.78 Å². The van der Waals surface area contributed by atoms with E-state index in [0.717, 1.165) is 36.0 Å². The van der Waals surface area contributed by atoms with Crippen molar-refractivity contribution in [1.82, 2.24) is 0 Å². The molecule has 36 heavy (non-hydrogen) atoms. The lowest BCUT2D eigenvalue weighted by molar-refractivity contribution is -0.234. The van der Waals surface area contributed by atoms with Crippen LogP contribution in [0.4, 0.5) is 8.78 Å². The summed E-state index contributed by atoms with van der Waals surface area (Å²) in [6.07, 6.45) is 4.56. The van der Waals surface area contributed by atoms with Crippen molar-refractivity contribution in [3.8, 4) is 22.3 Å². The first-order valence-electron chi connectivity index (χ1n) is 12.8. The molecule has 2 atom stereocenters. The number of unbranched alkanes of at least 4 members (excludes halogenated alkanes) is 2. The van der Waals surface area contributed by atoms with Gasteiger partial charge in [0.1, 0.15) is 5.83 Å². The summed E-state index contributed by atoms with van der Waals surface area (Å²) in [4.78, 5) is 0. The Balaban J connectivity index is 1.51. The molecule has 3 aromatic rings. The molecule has 4 rings (SSSR count). The second-order valence-corrected chi connectivity index (χ2v) is 9.10. The van der Waals surface area contributed by atoms with Gasteiger partial charge in [0.25, 0.3) is 0 Å². The summed E-state index contributed by atoms with van der Waals surface area (Å²) in [5.41, 5.74) is 5.23. The Bertz CT molecular complexity index is 1170. The van der Waals surface area contributed by atoms with E-state index in [1.807, 2.05) is 49.4 Å². The normalized spacial score (nSPS) is 19.6. The lowest BCUT2D eigenvalue weighted by atomic mass is 9.92. The van der Waals surface area contributed by atoms with E-state index in [0.29, 0.717) is 25.2 Å². The van der Waals surface area contributed by atoms with Crippen molar-refractivity contribution in [3.63, 3.8) is 0 Å². The van der Waals surface area contributed by atoms with Gasteiger partial charge in [0, 0.05) is 5.57 Å². The van der Waals surface area contributed by atoms with Crippen LogP contribution >= 0.6 is 0 Å². The highest BCUT2D eigenvalue weighted by Crippen LogP contribution is 2.39. The first kappa shape index (κ1) is 26.0. The van der Waals surface area contributed by atoms with Crippen LogP contribution in [-0.4, -0.2) is 25.2 Å². The molecule has 0 N–H and O–H groups in total. The van der Waals surface area contributed by atoms with Crippen molar-refractivity contribution in [2.75, 3.05) is 13.2 Å². The van der Waals surface area contributed by atoms with E-state index in [4.69, 9.17) is 9.47 Å². The fourth-order valence-electron chi connectivity index (χ4n) is 4.37. The molecule has 0 radical (unpaired) electrons. The Morgan fingerprint density at radius 1 is 0.667 bits per heavy atom. The van der Waals surface area contributed by atoms with Crippen molar-refractivity contribution in [2.24, 2.45) is 0 Å². The van der Waals surface area contributed by atoms with Crippen LogP contribution in [0.2, 0.25) is 0 Å². The molecule has 1 aliphatic rings. The molecule has 188 valence electrons.